The van der Waals surface area contributed by atoms with E-state index in [1.54, 1.807) is 13.8 Å². The van der Waals surface area contributed by atoms with Crippen LogP contribution in [0, 0.1) is 0 Å². The molecule has 0 radical (unpaired) electrons. The zero-order valence-electron chi connectivity index (χ0n) is 15.2. The van der Waals surface area contributed by atoms with Crippen LogP contribution < -0.4 is 5.32 Å². The maximum absolute atomic E-state index is 12.6. The van der Waals surface area contributed by atoms with E-state index in [0.717, 1.165) is 22.2 Å². The zero-order chi connectivity index (χ0) is 18.7. The third kappa shape index (κ3) is 3.47. The molecule has 0 atom stereocenters. The summed E-state index contributed by atoms with van der Waals surface area (Å²) < 4.78 is 6.72. The lowest BCUT2D eigenvalue weighted by molar-refractivity contribution is -0.149. The minimum absolute atomic E-state index is 0.109. The first-order valence-corrected chi connectivity index (χ1v) is 8.45. The third-order valence-electron chi connectivity index (χ3n) is 4.33. The molecule has 3 aromatic rings. The zero-order valence-corrected chi connectivity index (χ0v) is 15.2. The number of carbonyl (C=O) groups excluding carboxylic acids is 2. The van der Waals surface area contributed by atoms with Crippen LogP contribution in [0.25, 0.3) is 22.2 Å². The van der Waals surface area contributed by atoms with Crippen molar-refractivity contribution in [2.45, 2.75) is 25.9 Å². The number of methoxy groups -OCH3 is 1. The highest BCUT2D eigenvalue weighted by Crippen LogP contribution is 2.28. The Morgan fingerprint density at radius 3 is 2.38 bits per heavy atom. The second kappa shape index (κ2) is 7.04. The van der Waals surface area contributed by atoms with E-state index in [0.29, 0.717) is 0 Å². The summed E-state index contributed by atoms with van der Waals surface area (Å²) in [6.07, 6.45) is 0. The second-order valence-electron chi connectivity index (χ2n) is 6.71. The van der Waals surface area contributed by atoms with Crippen molar-refractivity contribution in [3.05, 3.63) is 60.7 Å². The van der Waals surface area contributed by atoms with Gasteiger partial charge in [0.15, 0.2) is 0 Å². The van der Waals surface area contributed by atoms with Crippen LogP contribution in [0.3, 0.4) is 0 Å². The Hall–Kier alpha value is -3.08. The van der Waals surface area contributed by atoms with E-state index in [4.69, 9.17) is 4.74 Å². The number of esters is 1. The molecule has 1 aromatic heterocycles. The lowest BCUT2D eigenvalue weighted by Gasteiger charge is -2.23. The van der Waals surface area contributed by atoms with Crippen molar-refractivity contribution in [3.63, 3.8) is 0 Å². The number of nitrogens with one attached hydrogen (secondary N) is 1. The van der Waals surface area contributed by atoms with E-state index >= 15 is 0 Å². The van der Waals surface area contributed by atoms with Crippen LogP contribution in [0.15, 0.2) is 60.7 Å². The fraction of sp³-hybridized carbons (Fsp3) is 0.238. The molecule has 0 aliphatic heterocycles. The minimum atomic E-state index is -1.08. The van der Waals surface area contributed by atoms with Gasteiger partial charge in [0.05, 0.1) is 7.11 Å². The smallest absolute Gasteiger partial charge is 0.330 e. The summed E-state index contributed by atoms with van der Waals surface area (Å²) in [5.41, 5.74) is 1.88. The molecule has 0 aliphatic rings. The molecule has 0 saturated carbocycles. The van der Waals surface area contributed by atoms with Gasteiger partial charge in [-0.05, 0) is 31.5 Å². The molecule has 26 heavy (non-hydrogen) atoms. The predicted molar refractivity (Wildman–Crippen MR) is 102 cm³/mol. The SMILES string of the molecule is COC(=O)C(C)(C)NC(=O)Cn1c(-c2ccccc2)cc2ccccc21. The molecule has 3 rings (SSSR count). The van der Waals surface area contributed by atoms with E-state index in [1.807, 2.05) is 59.2 Å². The van der Waals surface area contributed by atoms with E-state index in [2.05, 4.69) is 11.4 Å². The van der Waals surface area contributed by atoms with Crippen molar-refractivity contribution < 1.29 is 14.3 Å². The number of hydrogen-bond acceptors (Lipinski definition) is 3. The summed E-state index contributed by atoms with van der Waals surface area (Å²) in [5.74, 6) is -0.731. The van der Waals surface area contributed by atoms with Gasteiger partial charge in [-0.3, -0.25) is 4.79 Å². The first-order chi connectivity index (χ1) is 12.4. The highest BCUT2D eigenvalue weighted by molar-refractivity contribution is 5.91. The van der Waals surface area contributed by atoms with Crippen LogP contribution in [0.4, 0.5) is 0 Å². The molecule has 1 N–H and O–H groups in total. The van der Waals surface area contributed by atoms with Crippen molar-refractivity contribution in [2.24, 2.45) is 0 Å². The maximum atomic E-state index is 12.6. The molecule has 134 valence electrons. The van der Waals surface area contributed by atoms with Gasteiger partial charge in [0.25, 0.3) is 0 Å². The lowest BCUT2D eigenvalue weighted by Crippen LogP contribution is -2.51. The van der Waals surface area contributed by atoms with Crippen LogP contribution in [0.5, 0.6) is 0 Å². The number of aromatic nitrogens is 1. The Morgan fingerprint density at radius 2 is 1.69 bits per heavy atom. The summed E-state index contributed by atoms with van der Waals surface area (Å²) in [4.78, 5) is 24.5. The van der Waals surface area contributed by atoms with E-state index in [-0.39, 0.29) is 12.5 Å². The van der Waals surface area contributed by atoms with Crippen LogP contribution in [0.1, 0.15) is 13.8 Å². The average molecular weight is 350 g/mol. The molecule has 0 saturated heterocycles. The van der Waals surface area contributed by atoms with E-state index in [1.165, 1.54) is 7.11 Å². The second-order valence-corrected chi connectivity index (χ2v) is 6.71. The lowest BCUT2D eigenvalue weighted by atomic mass is 10.1. The molecule has 0 spiro atoms. The Morgan fingerprint density at radius 1 is 1.04 bits per heavy atom. The van der Waals surface area contributed by atoms with Crippen molar-refractivity contribution in [1.82, 2.24) is 9.88 Å². The number of nitrogens with zero attached hydrogens (tertiary/aromatic N) is 1. The van der Waals surface area contributed by atoms with Crippen LogP contribution in [-0.4, -0.2) is 29.1 Å². The van der Waals surface area contributed by atoms with Gasteiger partial charge in [-0.2, -0.15) is 0 Å². The number of ether oxygens (including phenoxy) is 1. The number of hydrogen-bond donors (Lipinski definition) is 1. The Labute approximate surface area is 152 Å². The van der Waals surface area contributed by atoms with Gasteiger partial charge in [-0.1, -0.05) is 48.5 Å². The molecular formula is C21H22N2O3. The Kier molecular flexibility index (Phi) is 4.80. The summed E-state index contributed by atoms with van der Waals surface area (Å²) in [7, 11) is 1.31. The Balaban J connectivity index is 1.96. The summed E-state index contributed by atoms with van der Waals surface area (Å²) in [6, 6.07) is 19.9. The molecule has 2 aromatic carbocycles. The molecule has 1 heterocycles. The quantitative estimate of drug-likeness (QED) is 0.718. The fourth-order valence-electron chi connectivity index (χ4n) is 3.07. The first kappa shape index (κ1) is 17.7. The number of benzene rings is 2. The van der Waals surface area contributed by atoms with Crippen molar-refractivity contribution in [1.29, 1.82) is 0 Å². The fourth-order valence-corrected chi connectivity index (χ4v) is 3.07. The number of carbonyl (C=O) groups is 2. The largest absolute Gasteiger partial charge is 0.467 e. The maximum Gasteiger partial charge on any atom is 0.330 e. The normalized spacial score (nSPS) is 11.3. The molecule has 0 fully saturated rings. The number of amides is 1. The van der Waals surface area contributed by atoms with Crippen molar-refractivity contribution in [3.8, 4) is 11.3 Å². The van der Waals surface area contributed by atoms with E-state index < -0.39 is 11.5 Å². The van der Waals surface area contributed by atoms with Gasteiger partial charge in [-0.15, -0.1) is 0 Å². The van der Waals surface area contributed by atoms with Crippen molar-refractivity contribution >= 4 is 22.8 Å². The number of fused-ring (bicyclic) bond motifs is 1. The van der Waals surface area contributed by atoms with Gasteiger partial charge in [0.2, 0.25) is 5.91 Å². The molecule has 5 heteroatoms. The molecule has 1 amide bonds. The van der Waals surface area contributed by atoms with Gasteiger partial charge >= 0.3 is 5.97 Å². The third-order valence-corrected chi connectivity index (χ3v) is 4.33. The molecular weight excluding hydrogens is 328 g/mol. The van der Waals surface area contributed by atoms with E-state index in [9.17, 15) is 9.59 Å². The molecule has 0 bridgehead atoms. The topological polar surface area (TPSA) is 60.3 Å². The van der Waals surface area contributed by atoms with Crippen molar-refractivity contribution in [2.75, 3.05) is 7.11 Å². The predicted octanol–water partition coefficient (Wildman–Crippen LogP) is 3.38. The van der Waals surface area contributed by atoms with Gasteiger partial charge < -0.3 is 14.6 Å². The molecule has 0 aliphatic carbocycles. The average Bonchev–Trinajstić information content (AvgIpc) is 2.99. The van der Waals surface area contributed by atoms with Gasteiger partial charge in [0.1, 0.15) is 12.1 Å². The highest BCUT2D eigenvalue weighted by atomic mass is 16.5. The molecule has 5 nitrogen and oxygen atoms in total. The summed E-state index contributed by atoms with van der Waals surface area (Å²) in [5, 5.41) is 3.82. The number of para-hydroxylation sites is 1. The van der Waals surface area contributed by atoms with Crippen LogP contribution in [0.2, 0.25) is 0 Å². The van der Waals surface area contributed by atoms with Crippen LogP contribution in [-0.2, 0) is 20.9 Å². The van der Waals surface area contributed by atoms with Gasteiger partial charge in [-0.25, -0.2) is 4.79 Å². The molecule has 0 unspecified atom stereocenters. The van der Waals surface area contributed by atoms with Gasteiger partial charge in [0, 0.05) is 16.6 Å². The summed E-state index contributed by atoms with van der Waals surface area (Å²) in [6.45, 7) is 3.36. The standard InChI is InChI=1S/C21H22N2O3/c1-21(2,20(25)26-3)22-19(24)14-23-17-12-8-7-11-16(17)13-18(23)15-9-5-4-6-10-15/h4-13H,14H2,1-3H3,(H,22,24). The van der Waals surface area contributed by atoms with Crippen LogP contribution >= 0.6 is 0 Å². The summed E-state index contributed by atoms with van der Waals surface area (Å²) >= 11 is 0. The monoisotopic (exact) mass is 350 g/mol. The first-order valence-electron chi connectivity index (χ1n) is 8.45. The highest BCUT2D eigenvalue weighted by Gasteiger charge is 2.30. The minimum Gasteiger partial charge on any atom is -0.467 e. The Bertz CT molecular complexity index is 942. The number of rotatable bonds is 5.